The molecule has 3 heteroatoms. The molecule has 2 unspecified atom stereocenters. The van der Waals surface area contributed by atoms with Crippen LogP contribution < -0.4 is 5.32 Å². The lowest BCUT2D eigenvalue weighted by molar-refractivity contribution is 0.162. The highest BCUT2D eigenvalue weighted by molar-refractivity contribution is 7.09. The summed E-state index contributed by atoms with van der Waals surface area (Å²) in [5.74, 6) is 1.66. The van der Waals surface area contributed by atoms with E-state index in [4.69, 9.17) is 4.98 Å². The first-order chi connectivity index (χ1) is 9.55. The molecule has 0 aromatic carbocycles. The van der Waals surface area contributed by atoms with Gasteiger partial charge in [-0.3, -0.25) is 0 Å². The van der Waals surface area contributed by atoms with Gasteiger partial charge in [-0.05, 0) is 51.0 Å². The summed E-state index contributed by atoms with van der Waals surface area (Å²) in [6, 6.07) is 0. The van der Waals surface area contributed by atoms with Gasteiger partial charge in [0.1, 0.15) is 5.01 Å². The van der Waals surface area contributed by atoms with Gasteiger partial charge in [-0.1, -0.05) is 33.6 Å². The zero-order valence-electron chi connectivity index (χ0n) is 13.5. The Bertz CT molecular complexity index is 413. The van der Waals surface area contributed by atoms with Crippen LogP contribution in [0.2, 0.25) is 0 Å². The quantitative estimate of drug-likeness (QED) is 0.808. The lowest BCUT2D eigenvalue weighted by Gasteiger charge is -2.41. The van der Waals surface area contributed by atoms with E-state index in [1.807, 2.05) is 11.3 Å². The van der Waals surface area contributed by atoms with E-state index in [1.165, 1.54) is 49.2 Å². The minimum absolute atomic E-state index is 0.159. The Balaban J connectivity index is 2.17. The minimum Gasteiger partial charge on any atom is -0.305 e. The molecule has 1 aromatic rings. The fourth-order valence-corrected chi connectivity index (χ4v) is 4.64. The monoisotopic (exact) mass is 294 g/mol. The SMILES string of the molecule is CCCNC1(c2nc(C)cs2)CCCC(CC(C)C)C1. The molecule has 0 spiro atoms. The maximum absolute atomic E-state index is 4.83. The van der Waals surface area contributed by atoms with E-state index < -0.39 is 0 Å². The highest BCUT2D eigenvalue weighted by atomic mass is 32.1. The molecule has 0 bridgehead atoms. The number of nitrogens with zero attached hydrogens (tertiary/aromatic N) is 1. The molecule has 2 rings (SSSR count). The van der Waals surface area contributed by atoms with E-state index in [-0.39, 0.29) is 5.54 Å². The number of thiazole rings is 1. The minimum atomic E-state index is 0.159. The van der Waals surface area contributed by atoms with Crippen molar-refractivity contribution in [2.45, 2.75) is 71.8 Å². The van der Waals surface area contributed by atoms with Gasteiger partial charge in [0, 0.05) is 11.1 Å². The Labute approximate surface area is 128 Å². The van der Waals surface area contributed by atoms with Gasteiger partial charge in [0.05, 0.1) is 5.54 Å². The van der Waals surface area contributed by atoms with Gasteiger partial charge >= 0.3 is 0 Å². The molecule has 1 heterocycles. The van der Waals surface area contributed by atoms with Crippen LogP contribution in [0.15, 0.2) is 5.38 Å². The van der Waals surface area contributed by atoms with Crippen molar-refractivity contribution < 1.29 is 0 Å². The second-order valence-corrected chi connectivity index (χ2v) is 7.75. The fraction of sp³-hybridized carbons (Fsp3) is 0.824. The average Bonchev–Trinajstić information content (AvgIpc) is 2.83. The molecule has 1 saturated carbocycles. The number of aromatic nitrogens is 1. The summed E-state index contributed by atoms with van der Waals surface area (Å²) in [5, 5.41) is 7.40. The second-order valence-electron chi connectivity index (χ2n) is 6.89. The summed E-state index contributed by atoms with van der Waals surface area (Å²) >= 11 is 1.85. The van der Waals surface area contributed by atoms with Crippen molar-refractivity contribution >= 4 is 11.3 Å². The number of rotatable bonds is 6. The van der Waals surface area contributed by atoms with E-state index in [2.05, 4.69) is 38.4 Å². The Morgan fingerprint density at radius 1 is 1.50 bits per heavy atom. The highest BCUT2D eigenvalue weighted by Gasteiger charge is 2.39. The zero-order valence-corrected chi connectivity index (χ0v) is 14.4. The second kappa shape index (κ2) is 7.04. The van der Waals surface area contributed by atoms with Crippen LogP contribution in [0.3, 0.4) is 0 Å². The Kier molecular flexibility index (Phi) is 5.62. The highest BCUT2D eigenvalue weighted by Crippen LogP contribution is 2.43. The van der Waals surface area contributed by atoms with Crippen molar-refractivity contribution in [3.05, 3.63) is 16.1 Å². The Morgan fingerprint density at radius 2 is 2.30 bits per heavy atom. The number of hydrogen-bond acceptors (Lipinski definition) is 3. The summed E-state index contributed by atoms with van der Waals surface area (Å²) in [5.41, 5.74) is 1.33. The van der Waals surface area contributed by atoms with Crippen molar-refractivity contribution in [2.75, 3.05) is 6.54 Å². The van der Waals surface area contributed by atoms with Gasteiger partial charge in [-0.15, -0.1) is 11.3 Å². The molecule has 114 valence electrons. The van der Waals surface area contributed by atoms with Gasteiger partial charge < -0.3 is 5.32 Å². The predicted octanol–water partition coefficient (Wildman–Crippen LogP) is 4.88. The van der Waals surface area contributed by atoms with Gasteiger partial charge in [0.2, 0.25) is 0 Å². The van der Waals surface area contributed by atoms with E-state index in [9.17, 15) is 0 Å². The molecule has 20 heavy (non-hydrogen) atoms. The van der Waals surface area contributed by atoms with Gasteiger partial charge in [-0.2, -0.15) is 0 Å². The van der Waals surface area contributed by atoms with Crippen LogP contribution in [0, 0.1) is 18.8 Å². The molecule has 1 aliphatic carbocycles. The molecule has 2 atom stereocenters. The third-order valence-corrected chi connectivity index (χ3v) is 5.56. The summed E-state index contributed by atoms with van der Waals surface area (Å²) in [6.07, 6.45) is 7.83. The van der Waals surface area contributed by atoms with E-state index >= 15 is 0 Å². The molecule has 1 N–H and O–H groups in total. The predicted molar refractivity (Wildman–Crippen MR) is 88.2 cm³/mol. The molecule has 0 amide bonds. The zero-order chi connectivity index (χ0) is 14.6. The van der Waals surface area contributed by atoms with Crippen LogP contribution in [-0.2, 0) is 5.54 Å². The molecule has 0 saturated heterocycles. The molecule has 1 aliphatic rings. The van der Waals surface area contributed by atoms with Gasteiger partial charge in [0.25, 0.3) is 0 Å². The average molecular weight is 295 g/mol. The molecule has 1 fully saturated rings. The van der Waals surface area contributed by atoms with Crippen molar-refractivity contribution in [1.82, 2.24) is 10.3 Å². The first-order valence-electron chi connectivity index (χ1n) is 8.23. The van der Waals surface area contributed by atoms with Crippen LogP contribution in [0.5, 0.6) is 0 Å². The molecular weight excluding hydrogens is 264 g/mol. The molecule has 0 aliphatic heterocycles. The largest absolute Gasteiger partial charge is 0.305 e. The maximum Gasteiger partial charge on any atom is 0.113 e. The topological polar surface area (TPSA) is 24.9 Å². The van der Waals surface area contributed by atoms with Crippen molar-refractivity contribution in [3.63, 3.8) is 0 Å². The van der Waals surface area contributed by atoms with Gasteiger partial charge in [0.15, 0.2) is 0 Å². The summed E-state index contributed by atoms with van der Waals surface area (Å²) < 4.78 is 0. The van der Waals surface area contributed by atoms with E-state index in [0.29, 0.717) is 0 Å². The standard InChI is InChI=1S/C17H30N2S/c1-5-9-18-17(16-19-14(4)12-20-16)8-6-7-15(11-17)10-13(2)3/h12-13,15,18H,5-11H2,1-4H3. The Morgan fingerprint density at radius 3 is 2.90 bits per heavy atom. The van der Waals surface area contributed by atoms with Crippen LogP contribution in [-0.4, -0.2) is 11.5 Å². The number of nitrogens with one attached hydrogen (secondary N) is 1. The first-order valence-corrected chi connectivity index (χ1v) is 9.11. The summed E-state index contributed by atoms with van der Waals surface area (Å²) in [6.45, 7) is 10.2. The molecule has 2 nitrogen and oxygen atoms in total. The smallest absolute Gasteiger partial charge is 0.113 e. The molecule has 1 aromatic heterocycles. The van der Waals surface area contributed by atoms with Crippen molar-refractivity contribution in [3.8, 4) is 0 Å². The van der Waals surface area contributed by atoms with Crippen molar-refractivity contribution in [1.29, 1.82) is 0 Å². The third kappa shape index (κ3) is 3.82. The fourth-order valence-electron chi connectivity index (χ4n) is 3.63. The molecular formula is C17H30N2S. The number of hydrogen-bond donors (Lipinski definition) is 1. The van der Waals surface area contributed by atoms with Crippen LogP contribution >= 0.6 is 11.3 Å². The lowest BCUT2D eigenvalue weighted by atomic mass is 9.73. The van der Waals surface area contributed by atoms with E-state index in [1.54, 1.807) is 0 Å². The van der Waals surface area contributed by atoms with Crippen LogP contribution in [0.1, 0.15) is 70.0 Å². The van der Waals surface area contributed by atoms with Gasteiger partial charge in [-0.25, -0.2) is 4.98 Å². The summed E-state index contributed by atoms with van der Waals surface area (Å²) in [7, 11) is 0. The van der Waals surface area contributed by atoms with Crippen LogP contribution in [0.4, 0.5) is 0 Å². The molecule has 0 radical (unpaired) electrons. The normalized spacial score (nSPS) is 27.1. The lowest BCUT2D eigenvalue weighted by Crippen LogP contribution is -2.46. The van der Waals surface area contributed by atoms with Crippen molar-refractivity contribution in [2.24, 2.45) is 11.8 Å². The maximum atomic E-state index is 4.83. The van der Waals surface area contributed by atoms with E-state index in [0.717, 1.165) is 18.4 Å². The van der Waals surface area contributed by atoms with Crippen LogP contribution in [0.25, 0.3) is 0 Å². The first kappa shape index (κ1) is 16.0. The number of aryl methyl sites for hydroxylation is 1. The summed E-state index contributed by atoms with van der Waals surface area (Å²) in [4.78, 5) is 4.83. The third-order valence-electron chi connectivity index (χ3n) is 4.40. The Hall–Kier alpha value is -0.410.